The van der Waals surface area contributed by atoms with Crippen molar-refractivity contribution in [1.82, 2.24) is 10.2 Å². The summed E-state index contributed by atoms with van der Waals surface area (Å²) in [6, 6.07) is 6.83. The second-order valence-electron chi connectivity index (χ2n) is 4.90. The molecule has 1 aromatic carbocycles. The van der Waals surface area contributed by atoms with Gasteiger partial charge in [0.05, 0.1) is 11.9 Å². The zero-order chi connectivity index (χ0) is 16.0. The Morgan fingerprint density at radius 2 is 2.00 bits per heavy atom. The first-order valence-corrected chi connectivity index (χ1v) is 8.99. The molecule has 0 saturated heterocycles. The number of nitrogens with zero attached hydrogens (tertiary/aromatic N) is 2. The number of halogens is 1. The second-order valence-corrected chi connectivity index (χ2v) is 7.73. The molecule has 8 heteroatoms. The fourth-order valence-electron chi connectivity index (χ4n) is 1.64. The summed E-state index contributed by atoms with van der Waals surface area (Å²) >= 11 is 3.29. The van der Waals surface area contributed by atoms with Crippen LogP contribution < -0.4 is 9.62 Å². The van der Waals surface area contributed by atoms with Crippen molar-refractivity contribution in [1.29, 1.82) is 0 Å². The summed E-state index contributed by atoms with van der Waals surface area (Å²) in [4.78, 5) is 13.8. The van der Waals surface area contributed by atoms with E-state index >= 15 is 0 Å². The molecule has 0 aromatic heterocycles. The summed E-state index contributed by atoms with van der Waals surface area (Å²) in [7, 11) is 0.269. The third-order valence-corrected chi connectivity index (χ3v) is 4.30. The zero-order valence-corrected chi connectivity index (χ0v) is 14.7. The number of hydrogen-bond acceptors (Lipinski definition) is 4. The van der Waals surface area contributed by atoms with Crippen LogP contribution in [0.25, 0.3) is 0 Å². The lowest BCUT2D eigenvalue weighted by Gasteiger charge is -2.22. The van der Waals surface area contributed by atoms with E-state index in [1.807, 2.05) is 19.0 Å². The molecule has 0 heterocycles. The van der Waals surface area contributed by atoms with Crippen molar-refractivity contribution in [3.8, 4) is 0 Å². The molecular weight excluding hydrogens is 358 g/mol. The number of carbonyl (C=O) groups is 1. The van der Waals surface area contributed by atoms with Crippen LogP contribution in [0.4, 0.5) is 5.69 Å². The van der Waals surface area contributed by atoms with E-state index in [1.165, 1.54) is 0 Å². The number of amides is 1. The smallest absolute Gasteiger partial charge is 0.240 e. The minimum atomic E-state index is -3.53. The Morgan fingerprint density at radius 1 is 1.33 bits per heavy atom. The lowest BCUT2D eigenvalue weighted by molar-refractivity contribution is -0.119. The molecule has 0 aliphatic rings. The number of carbonyl (C=O) groups excluding carboxylic acids is 1. The van der Waals surface area contributed by atoms with Crippen LogP contribution in [0.2, 0.25) is 0 Å². The molecule has 0 aliphatic heterocycles. The standard InChI is InChI=1S/C13H20BrN3O3S/c1-16(2)8-7-15-13(18)10-17(21(3,19)20)12-6-4-5-11(14)9-12/h4-6,9H,7-8,10H2,1-3H3,(H,15,18). The predicted octanol–water partition coefficient (Wildman–Crippen LogP) is 0.893. The Kier molecular flexibility index (Phi) is 6.63. The fraction of sp³-hybridized carbons (Fsp3) is 0.462. The Balaban J connectivity index is 2.79. The third-order valence-electron chi connectivity index (χ3n) is 2.66. The van der Waals surface area contributed by atoms with Gasteiger partial charge in [0.25, 0.3) is 0 Å². The van der Waals surface area contributed by atoms with Gasteiger partial charge in [-0.3, -0.25) is 9.10 Å². The zero-order valence-electron chi connectivity index (χ0n) is 12.3. The van der Waals surface area contributed by atoms with Crippen LogP contribution in [0.5, 0.6) is 0 Å². The van der Waals surface area contributed by atoms with E-state index in [0.717, 1.165) is 15.0 Å². The topological polar surface area (TPSA) is 69.7 Å². The highest BCUT2D eigenvalue weighted by Crippen LogP contribution is 2.21. The number of hydrogen-bond donors (Lipinski definition) is 1. The van der Waals surface area contributed by atoms with Crippen LogP contribution in [-0.2, 0) is 14.8 Å². The lowest BCUT2D eigenvalue weighted by Crippen LogP contribution is -2.42. The Hall–Kier alpha value is -1.12. The molecule has 1 aromatic rings. The normalized spacial score (nSPS) is 11.5. The number of sulfonamides is 1. The highest BCUT2D eigenvalue weighted by atomic mass is 79.9. The number of likely N-dealkylation sites (N-methyl/N-ethyl adjacent to an activating group) is 1. The van der Waals surface area contributed by atoms with E-state index in [1.54, 1.807) is 24.3 Å². The average molecular weight is 378 g/mol. The summed E-state index contributed by atoms with van der Waals surface area (Å²) in [5.41, 5.74) is 0.453. The van der Waals surface area contributed by atoms with Crippen molar-refractivity contribution in [3.05, 3.63) is 28.7 Å². The Morgan fingerprint density at radius 3 is 2.52 bits per heavy atom. The molecule has 0 fully saturated rings. The minimum absolute atomic E-state index is 0.233. The Bertz CT molecular complexity index is 590. The molecule has 0 atom stereocenters. The molecule has 1 rings (SSSR count). The molecule has 0 radical (unpaired) electrons. The van der Waals surface area contributed by atoms with Gasteiger partial charge in [0.2, 0.25) is 15.9 Å². The summed E-state index contributed by atoms with van der Waals surface area (Å²) < 4.78 is 25.6. The first-order chi connectivity index (χ1) is 9.70. The van der Waals surface area contributed by atoms with Crippen molar-refractivity contribution < 1.29 is 13.2 Å². The first kappa shape index (κ1) is 17.9. The van der Waals surface area contributed by atoms with Crippen LogP contribution in [0.1, 0.15) is 0 Å². The lowest BCUT2D eigenvalue weighted by atomic mass is 10.3. The van der Waals surface area contributed by atoms with E-state index in [2.05, 4.69) is 21.2 Å². The maximum atomic E-state index is 11.9. The van der Waals surface area contributed by atoms with Crippen LogP contribution in [0.3, 0.4) is 0 Å². The molecule has 1 amide bonds. The van der Waals surface area contributed by atoms with E-state index in [9.17, 15) is 13.2 Å². The molecule has 118 valence electrons. The van der Waals surface area contributed by atoms with Gasteiger partial charge < -0.3 is 10.2 Å². The number of rotatable bonds is 7. The van der Waals surface area contributed by atoms with Gasteiger partial charge in [-0.2, -0.15) is 0 Å². The molecule has 0 saturated carbocycles. The Labute approximate surface area is 134 Å². The van der Waals surface area contributed by atoms with Gasteiger partial charge in [0.15, 0.2) is 0 Å². The molecule has 1 N–H and O–H groups in total. The van der Waals surface area contributed by atoms with Gasteiger partial charge in [-0.05, 0) is 32.3 Å². The minimum Gasteiger partial charge on any atom is -0.353 e. The largest absolute Gasteiger partial charge is 0.353 e. The molecule has 0 aliphatic carbocycles. The number of benzene rings is 1. The summed E-state index contributed by atoms with van der Waals surface area (Å²) in [6.07, 6.45) is 1.08. The summed E-state index contributed by atoms with van der Waals surface area (Å²) in [5, 5.41) is 2.70. The van der Waals surface area contributed by atoms with E-state index in [0.29, 0.717) is 18.8 Å². The monoisotopic (exact) mass is 377 g/mol. The van der Waals surface area contributed by atoms with Crippen LogP contribution in [-0.4, -0.2) is 59.2 Å². The molecule has 6 nitrogen and oxygen atoms in total. The van der Waals surface area contributed by atoms with Gasteiger partial charge in [0, 0.05) is 17.6 Å². The van der Waals surface area contributed by atoms with Crippen LogP contribution >= 0.6 is 15.9 Å². The molecular formula is C13H20BrN3O3S. The second kappa shape index (κ2) is 7.77. The van der Waals surface area contributed by atoms with Crippen molar-refractivity contribution in [2.24, 2.45) is 0 Å². The van der Waals surface area contributed by atoms with Crippen molar-refractivity contribution in [2.75, 3.05) is 44.3 Å². The highest BCUT2D eigenvalue weighted by molar-refractivity contribution is 9.10. The SMILES string of the molecule is CN(C)CCNC(=O)CN(c1cccc(Br)c1)S(C)(=O)=O. The molecule has 0 bridgehead atoms. The molecule has 21 heavy (non-hydrogen) atoms. The van der Waals surface area contributed by atoms with Gasteiger partial charge in [0.1, 0.15) is 6.54 Å². The van der Waals surface area contributed by atoms with E-state index < -0.39 is 10.0 Å². The maximum Gasteiger partial charge on any atom is 0.240 e. The maximum absolute atomic E-state index is 11.9. The summed E-state index contributed by atoms with van der Waals surface area (Å²) in [5.74, 6) is -0.331. The number of anilines is 1. The predicted molar refractivity (Wildman–Crippen MR) is 87.9 cm³/mol. The molecule has 0 unspecified atom stereocenters. The van der Waals surface area contributed by atoms with E-state index in [-0.39, 0.29) is 12.5 Å². The quantitative estimate of drug-likeness (QED) is 0.765. The van der Waals surface area contributed by atoms with Gasteiger partial charge in [-0.25, -0.2) is 8.42 Å². The van der Waals surface area contributed by atoms with Crippen molar-refractivity contribution in [2.45, 2.75) is 0 Å². The van der Waals surface area contributed by atoms with Gasteiger partial charge >= 0.3 is 0 Å². The fourth-order valence-corrected chi connectivity index (χ4v) is 2.87. The molecule has 0 spiro atoms. The third kappa shape index (κ3) is 6.45. The first-order valence-electron chi connectivity index (χ1n) is 6.35. The highest BCUT2D eigenvalue weighted by Gasteiger charge is 2.20. The van der Waals surface area contributed by atoms with Crippen molar-refractivity contribution in [3.63, 3.8) is 0 Å². The van der Waals surface area contributed by atoms with Gasteiger partial charge in [-0.1, -0.05) is 22.0 Å². The van der Waals surface area contributed by atoms with E-state index in [4.69, 9.17) is 0 Å². The van der Waals surface area contributed by atoms with Crippen molar-refractivity contribution >= 4 is 37.5 Å². The number of nitrogens with one attached hydrogen (secondary N) is 1. The average Bonchev–Trinajstić information content (AvgIpc) is 2.34. The van der Waals surface area contributed by atoms with Crippen LogP contribution in [0.15, 0.2) is 28.7 Å². The van der Waals surface area contributed by atoms with Crippen LogP contribution in [0, 0.1) is 0 Å². The van der Waals surface area contributed by atoms with Gasteiger partial charge in [-0.15, -0.1) is 0 Å². The summed E-state index contributed by atoms with van der Waals surface area (Å²) in [6.45, 7) is 0.937.